The first-order valence-corrected chi connectivity index (χ1v) is 4.13. The Balaban J connectivity index is 2.68. The van der Waals surface area contributed by atoms with Gasteiger partial charge in [0.05, 0.1) is 0 Å². The molecule has 1 aromatic heterocycles. The van der Waals surface area contributed by atoms with Crippen molar-refractivity contribution in [3.05, 3.63) is 11.8 Å². The zero-order chi connectivity index (χ0) is 8.97. The van der Waals surface area contributed by atoms with Gasteiger partial charge in [0, 0.05) is 12.8 Å². The van der Waals surface area contributed by atoms with Crippen LogP contribution in [0.3, 0.4) is 0 Å². The summed E-state index contributed by atoms with van der Waals surface area (Å²) in [6, 6.07) is 0. The van der Waals surface area contributed by atoms with Crippen molar-refractivity contribution in [2.45, 2.75) is 33.1 Å². The van der Waals surface area contributed by atoms with Crippen molar-refractivity contribution in [3.8, 4) is 0 Å². The SMILES string of the molecule is CCCC(=O)c1nnc(CC)o1. The summed E-state index contributed by atoms with van der Waals surface area (Å²) in [6.45, 7) is 3.84. The highest BCUT2D eigenvalue weighted by Gasteiger charge is 2.12. The van der Waals surface area contributed by atoms with Crippen LogP contribution < -0.4 is 0 Å². The highest BCUT2D eigenvalue weighted by atomic mass is 16.4. The molecule has 1 heterocycles. The molecule has 66 valence electrons. The van der Waals surface area contributed by atoms with E-state index in [1.54, 1.807) is 0 Å². The molecular formula is C8H12N2O2. The summed E-state index contributed by atoms with van der Waals surface area (Å²) in [5.41, 5.74) is 0. The summed E-state index contributed by atoms with van der Waals surface area (Å²) >= 11 is 0. The Kier molecular flexibility index (Phi) is 2.96. The smallest absolute Gasteiger partial charge is 0.283 e. The molecule has 0 radical (unpaired) electrons. The molecular weight excluding hydrogens is 156 g/mol. The summed E-state index contributed by atoms with van der Waals surface area (Å²) in [5.74, 6) is 0.604. The Bertz CT molecular complexity index is 268. The average molecular weight is 168 g/mol. The number of aromatic nitrogens is 2. The molecule has 0 bridgehead atoms. The molecule has 0 N–H and O–H groups in total. The van der Waals surface area contributed by atoms with Crippen molar-refractivity contribution in [1.29, 1.82) is 0 Å². The van der Waals surface area contributed by atoms with Gasteiger partial charge in [0.25, 0.3) is 5.89 Å². The van der Waals surface area contributed by atoms with Crippen LogP contribution in [0.25, 0.3) is 0 Å². The van der Waals surface area contributed by atoms with Crippen molar-refractivity contribution in [1.82, 2.24) is 10.2 Å². The van der Waals surface area contributed by atoms with E-state index < -0.39 is 0 Å². The molecule has 0 aliphatic carbocycles. The molecule has 0 saturated carbocycles. The first-order chi connectivity index (χ1) is 5.77. The van der Waals surface area contributed by atoms with Gasteiger partial charge in [-0.3, -0.25) is 4.79 Å². The Morgan fingerprint density at radius 2 is 2.17 bits per heavy atom. The first-order valence-electron chi connectivity index (χ1n) is 4.13. The standard InChI is InChI=1S/C8H12N2O2/c1-3-5-6(11)8-10-9-7(4-2)12-8/h3-5H2,1-2H3. The van der Waals surface area contributed by atoms with Crippen molar-refractivity contribution in [2.24, 2.45) is 0 Å². The molecule has 0 amide bonds. The van der Waals surface area contributed by atoms with Crippen LogP contribution in [0.4, 0.5) is 0 Å². The highest BCUT2D eigenvalue weighted by Crippen LogP contribution is 2.04. The second-order valence-electron chi connectivity index (χ2n) is 2.53. The average Bonchev–Trinajstić information content (AvgIpc) is 2.52. The minimum Gasteiger partial charge on any atom is -0.418 e. The summed E-state index contributed by atoms with van der Waals surface area (Å²) in [6.07, 6.45) is 1.96. The predicted molar refractivity (Wildman–Crippen MR) is 42.9 cm³/mol. The summed E-state index contributed by atoms with van der Waals surface area (Å²) < 4.78 is 5.08. The molecule has 1 rings (SSSR count). The third-order valence-electron chi connectivity index (χ3n) is 1.48. The van der Waals surface area contributed by atoms with Gasteiger partial charge < -0.3 is 4.42 Å². The lowest BCUT2D eigenvalue weighted by Gasteiger charge is -1.88. The molecule has 4 nitrogen and oxygen atoms in total. The summed E-state index contributed by atoms with van der Waals surface area (Å²) in [4.78, 5) is 11.2. The highest BCUT2D eigenvalue weighted by molar-refractivity contribution is 5.91. The Labute approximate surface area is 71.0 Å². The summed E-state index contributed by atoms with van der Waals surface area (Å²) in [5, 5.41) is 7.34. The lowest BCUT2D eigenvalue weighted by atomic mass is 10.2. The molecule has 0 aromatic carbocycles. The fourth-order valence-electron chi connectivity index (χ4n) is 0.843. The zero-order valence-corrected chi connectivity index (χ0v) is 7.33. The number of Topliss-reactive ketones (excluding diaryl/α,β-unsaturated/α-hetero) is 1. The second kappa shape index (κ2) is 3.99. The minimum absolute atomic E-state index is 0.0651. The number of hydrogen-bond acceptors (Lipinski definition) is 4. The van der Waals surface area contributed by atoms with Gasteiger partial charge in [-0.15, -0.1) is 10.2 Å². The molecule has 0 aliphatic rings. The van der Waals surface area contributed by atoms with Gasteiger partial charge in [0.15, 0.2) is 0 Å². The maximum Gasteiger partial charge on any atom is 0.283 e. The lowest BCUT2D eigenvalue weighted by molar-refractivity contribution is 0.0946. The van der Waals surface area contributed by atoms with E-state index in [1.165, 1.54) is 0 Å². The third kappa shape index (κ3) is 1.90. The van der Waals surface area contributed by atoms with E-state index in [0.29, 0.717) is 18.7 Å². The van der Waals surface area contributed by atoms with Gasteiger partial charge in [-0.25, -0.2) is 0 Å². The topological polar surface area (TPSA) is 56.0 Å². The molecule has 12 heavy (non-hydrogen) atoms. The van der Waals surface area contributed by atoms with Crippen LogP contribution in [-0.4, -0.2) is 16.0 Å². The lowest BCUT2D eigenvalue weighted by Crippen LogP contribution is -1.97. The molecule has 0 unspecified atom stereocenters. The molecule has 0 aliphatic heterocycles. The molecule has 0 spiro atoms. The van der Waals surface area contributed by atoms with Crippen LogP contribution in [0.15, 0.2) is 4.42 Å². The van der Waals surface area contributed by atoms with Gasteiger partial charge in [0.1, 0.15) is 0 Å². The molecule has 0 atom stereocenters. The van der Waals surface area contributed by atoms with E-state index in [9.17, 15) is 4.79 Å². The number of nitrogens with zero attached hydrogens (tertiary/aromatic N) is 2. The molecule has 0 saturated heterocycles. The van der Waals surface area contributed by atoms with Crippen molar-refractivity contribution >= 4 is 5.78 Å². The van der Waals surface area contributed by atoms with Crippen LogP contribution in [0.1, 0.15) is 43.3 Å². The van der Waals surface area contributed by atoms with Gasteiger partial charge in [-0.2, -0.15) is 0 Å². The van der Waals surface area contributed by atoms with Gasteiger partial charge in [0.2, 0.25) is 11.7 Å². The normalized spacial score (nSPS) is 10.2. The van der Waals surface area contributed by atoms with E-state index in [4.69, 9.17) is 4.42 Å². The number of aryl methyl sites for hydroxylation is 1. The number of carbonyl (C=O) groups is 1. The monoisotopic (exact) mass is 168 g/mol. The van der Waals surface area contributed by atoms with Crippen LogP contribution in [-0.2, 0) is 6.42 Å². The van der Waals surface area contributed by atoms with E-state index in [2.05, 4.69) is 10.2 Å². The van der Waals surface area contributed by atoms with Crippen molar-refractivity contribution in [3.63, 3.8) is 0 Å². The summed E-state index contributed by atoms with van der Waals surface area (Å²) in [7, 11) is 0. The molecule has 1 aromatic rings. The minimum atomic E-state index is -0.0651. The van der Waals surface area contributed by atoms with E-state index in [-0.39, 0.29) is 11.7 Å². The van der Waals surface area contributed by atoms with Gasteiger partial charge in [-0.05, 0) is 6.42 Å². The van der Waals surface area contributed by atoms with E-state index >= 15 is 0 Å². The maximum atomic E-state index is 11.2. The molecule has 4 heteroatoms. The fourth-order valence-corrected chi connectivity index (χ4v) is 0.843. The first kappa shape index (κ1) is 8.90. The van der Waals surface area contributed by atoms with Crippen molar-refractivity contribution in [2.75, 3.05) is 0 Å². The van der Waals surface area contributed by atoms with E-state index in [1.807, 2.05) is 13.8 Å². The number of rotatable bonds is 4. The Morgan fingerprint density at radius 1 is 1.42 bits per heavy atom. The second-order valence-corrected chi connectivity index (χ2v) is 2.53. The van der Waals surface area contributed by atoms with Gasteiger partial charge in [-0.1, -0.05) is 13.8 Å². The molecule has 0 fully saturated rings. The number of ketones is 1. The number of hydrogen-bond donors (Lipinski definition) is 0. The van der Waals surface area contributed by atoms with Gasteiger partial charge >= 0.3 is 0 Å². The van der Waals surface area contributed by atoms with Crippen LogP contribution in [0.2, 0.25) is 0 Å². The largest absolute Gasteiger partial charge is 0.418 e. The third-order valence-corrected chi connectivity index (χ3v) is 1.48. The van der Waals surface area contributed by atoms with Crippen LogP contribution >= 0.6 is 0 Å². The van der Waals surface area contributed by atoms with E-state index in [0.717, 1.165) is 6.42 Å². The fraction of sp³-hybridized carbons (Fsp3) is 0.625. The van der Waals surface area contributed by atoms with Crippen LogP contribution in [0.5, 0.6) is 0 Å². The zero-order valence-electron chi connectivity index (χ0n) is 7.33. The van der Waals surface area contributed by atoms with Crippen molar-refractivity contribution < 1.29 is 9.21 Å². The maximum absolute atomic E-state index is 11.2. The van der Waals surface area contributed by atoms with Crippen LogP contribution in [0, 0.1) is 0 Å². The number of carbonyl (C=O) groups excluding carboxylic acids is 1. The predicted octanol–water partition coefficient (Wildman–Crippen LogP) is 1.61. The quantitative estimate of drug-likeness (QED) is 0.641. The Morgan fingerprint density at radius 3 is 2.67 bits per heavy atom. The Hall–Kier alpha value is -1.19.